The summed E-state index contributed by atoms with van der Waals surface area (Å²) < 4.78 is 27.4. The van der Waals surface area contributed by atoms with Gasteiger partial charge in [0.2, 0.25) is 5.91 Å². The second-order valence-corrected chi connectivity index (χ2v) is 4.70. The number of rotatable bonds is 3. The lowest BCUT2D eigenvalue weighted by Crippen LogP contribution is -2.43. The Balaban J connectivity index is 2.18. The summed E-state index contributed by atoms with van der Waals surface area (Å²) >= 11 is 0. The van der Waals surface area contributed by atoms with Crippen LogP contribution >= 0.6 is 0 Å². The largest absolute Gasteiger partial charge is 0.376 e. The minimum Gasteiger partial charge on any atom is -0.376 e. The average molecular weight is 285 g/mol. The quantitative estimate of drug-likeness (QED) is 0.680. The van der Waals surface area contributed by atoms with Gasteiger partial charge in [-0.2, -0.15) is 0 Å². The summed E-state index contributed by atoms with van der Waals surface area (Å²) in [4.78, 5) is 22.4. The van der Waals surface area contributed by atoms with E-state index < -0.39 is 27.9 Å². The normalized spacial score (nSPS) is 19.1. The maximum absolute atomic E-state index is 13.7. The third-order valence-electron chi connectivity index (χ3n) is 3.21. The van der Waals surface area contributed by atoms with Crippen LogP contribution < -0.4 is 5.32 Å². The van der Waals surface area contributed by atoms with Gasteiger partial charge in [-0.1, -0.05) is 0 Å². The minimum atomic E-state index is -1.02. The molecule has 0 aromatic heterocycles. The summed E-state index contributed by atoms with van der Waals surface area (Å²) in [5, 5.41) is 13.2. The highest BCUT2D eigenvalue weighted by Crippen LogP contribution is 2.26. The Bertz CT molecular complexity index is 542. The van der Waals surface area contributed by atoms with Crippen molar-refractivity contribution in [3.63, 3.8) is 0 Å². The topological polar surface area (TPSA) is 75.5 Å². The first kappa shape index (κ1) is 14.2. The molecule has 6 nitrogen and oxygen atoms in total. The number of anilines is 1. The third kappa shape index (κ3) is 2.84. The molecule has 1 heterocycles. The lowest BCUT2D eigenvalue weighted by Gasteiger charge is -2.30. The predicted molar refractivity (Wildman–Crippen MR) is 67.3 cm³/mol. The zero-order chi connectivity index (χ0) is 14.9. The SMILES string of the molecule is CN1CC(Nc2c(F)cc([N+](=O)[O-])cc2F)CCC1=O. The zero-order valence-electron chi connectivity index (χ0n) is 10.7. The van der Waals surface area contributed by atoms with Crippen LogP contribution in [0.4, 0.5) is 20.2 Å². The number of carbonyl (C=O) groups is 1. The van der Waals surface area contributed by atoms with Crippen molar-refractivity contribution in [2.45, 2.75) is 18.9 Å². The Morgan fingerprint density at radius 1 is 1.40 bits per heavy atom. The molecule has 0 spiro atoms. The Labute approximate surface area is 113 Å². The second kappa shape index (κ2) is 5.40. The number of piperidine rings is 1. The minimum absolute atomic E-state index is 0.0207. The van der Waals surface area contributed by atoms with Crippen molar-refractivity contribution in [3.05, 3.63) is 33.9 Å². The van der Waals surface area contributed by atoms with Crippen molar-refractivity contribution in [2.24, 2.45) is 0 Å². The first-order valence-corrected chi connectivity index (χ1v) is 6.02. The Hall–Kier alpha value is -2.25. The molecule has 1 atom stereocenters. The van der Waals surface area contributed by atoms with E-state index in [0.717, 1.165) is 0 Å². The van der Waals surface area contributed by atoms with Gasteiger partial charge in [0.1, 0.15) is 5.69 Å². The fraction of sp³-hybridized carbons (Fsp3) is 0.417. The molecule has 2 rings (SSSR count). The van der Waals surface area contributed by atoms with Crippen molar-refractivity contribution >= 4 is 17.3 Å². The van der Waals surface area contributed by atoms with E-state index in [4.69, 9.17) is 0 Å². The molecule has 1 aliphatic heterocycles. The average Bonchev–Trinajstić information content (AvgIpc) is 2.37. The number of nitrogens with zero attached hydrogens (tertiary/aromatic N) is 2. The molecule has 108 valence electrons. The molecule has 0 bridgehead atoms. The van der Waals surface area contributed by atoms with Crippen molar-refractivity contribution in [1.29, 1.82) is 0 Å². The molecular formula is C12H13F2N3O3. The van der Waals surface area contributed by atoms with Gasteiger partial charge in [0.05, 0.1) is 17.1 Å². The number of nitrogens with one attached hydrogen (secondary N) is 1. The van der Waals surface area contributed by atoms with E-state index in [9.17, 15) is 23.7 Å². The second-order valence-electron chi connectivity index (χ2n) is 4.70. The van der Waals surface area contributed by atoms with E-state index in [1.165, 1.54) is 4.90 Å². The van der Waals surface area contributed by atoms with Gasteiger partial charge in [0, 0.05) is 26.1 Å². The summed E-state index contributed by atoms with van der Waals surface area (Å²) in [6.07, 6.45) is 0.753. The van der Waals surface area contributed by atoms with Gasteiger partial charge in [-0.05, 0) is 6.42 Å². The van der Waals surface area contributed by atoms with Crippen LogP contribution in [-0.4, -0.2) is 35.4 Å². The number of nitro groups is 1. The number of nitro benzene ring substituents is 1. The molecule has 1 fully saturated rings. The van der Waals surface area contributed by atoms with Gasteiger partial charge in [-0.3, -0.25) is 14.9 Å². The van der Waals surface area contributed by atoms with Crippen LogP contribution in [0, 0.1) is 21.7 Å². The molecule has 8 heteroatoms. The summed E-state index contributed by atoms with van der Waals surface area (Å²) in [5.74, 6) is -2.06. The highest BCUT2D eigenvalue weighted by molar-refractivity contribution is 5.77. The maximum atomic E-state index is 13.7. The molecule has 1 saturated heterocycles. The maximum Gasteiger partial charge on any atom is 0.275 e. The molecule has 20 heavy (non-hydrogen) atoms. The molecule has 1 unspecified atom stereocenters. The molecule has 1 N–H and O–H groups in total. The van der Waals surface area contributed by atoms with E-state index in [2.05, 4.69) is 5.32 Å². The van der Waals surface area contributed by atoms with E-state index in [-0.39, 0.29) is 11.9 Å². The summed E-state index contributed by atoms with van der Waals surface area (Å²) in [7, 11) is 1.61. The fourth-order valence-electron chi connectivity index (χ4n) is 2.14. The predicted octanol–water partition coefficient (Wildman–Crippen LogP) is 1.91. The van der Waals surface area contributed by atoms with Crippen LogP contribution in [0.15, 0.2) is 12.1 Å². The Morgan fingerprint density at radius 3 is 2.50 bits per heavy atom. The van der Waals surface area contributed by atoms with Gasteiger partial charge >= 0.3 is 0 Å². The van der Waals surface area contributed by atoms with Crippen LogP contribution in [0.2, 0.25) is 0 Å². The summed E-state index contributed by atoms with van der Waals surface area (Å²) in [6, 6.07) is 1.05. The van der Waals surface area contributed by atoms with Crippen molar-refractivity contribution < 1.29 is 18.5 Å². The number of likely N-dealkylation sites (N-methyl/N-ethyl adjacent to an activating group) is 1. The van der Waals surface area contributed by atoms with Crippen molar-refractivity contribution in [1.82, 2.24) is 4.90 Å². The van der Waals surface area contributed by atoms with Gasteiger partial charge in [0.25, 0.3) is 5.69 Å². The first-order chi connectivity index (χ1) is 9.38. The van der Waals surface area contributed by atoms with E-state index in [0.29, 0.717) is 31.5 Å². The molecule has 1 amide bonds. The molecule has 0 aliphatic carbocycles. The van der Waals surface area contributed by atoms with Crippen molar-refractivity contribution in [2.75, 3.05) is 18.9 Å². The Kier molecular flexibility index (Phi) is 3.82. The summed E-state index contributed by atoms with van der Waals surface area (Å²) in [6.45, 7) is 0.328. The number of carbonyl (C=O) groups excluding carboxylic acids is 1. The van der Waals surface area contributed by atoms with Crippen LogP contribution in [0.5, 0.6) is 0 Å². The van der Waals surface area contributed by atoms with E-state index in [1.54, 1.807) is 7.05 Å². The molecule has 1 aromatic rings. The van der Waals surface area contributed by atoms with E-state index >= 15 is 0 Å². The van der Waals surface area contributed by atoms with Crippen LogP contribution in [0.3, 0.4) is 0 Å². The molecule has 0 radical (unpaired) electrons. The third-order valence-corrected chi connectivity index (χ3v) is 3.21. The highest BCUT2D eigenvalue weighted by Gasteiger charge is 2.25. The fourth-order valence-corrected chi connectivity index (χ4v) is 2.14. The first-order valence-electron chi connectivity index (χ1n) is 6.02. The molecular weight excluding hydrogens is 272 g/mol. The van der Waals surface area contributed by atoms with Gasteiger partial charge < -0.3 is 10.2 Å². The standard InChI is InChI=1S/C12H13F2N3O3/c1-16-6-7(2-3-11(16)18)15-12-9(13)4-8(17(19)20)5-10(12)14/h4-5,7,15H,2-3,6H2,1H3. The number of amides is 1. The molecule has 1 aliphatic rings. The van der Waals surface area contributed by atoms with E-state index in [1.807, 2.05) is 0 Å². The molecule has 1 aromatic carbocycles. The summed E-state index contributed by atoms with van der Waals surface area (Å²) in [5.41, 5.74) is -1.04. The number of halogens is 2. The van der Waals surface area contributed by atoms with Crippen LogP contribution in [0.25, 0.3) is 0 Å². The smallest absolute Gasteiger partial charge is 0.275 e. The van der Waals surface area contributed by atoms with Gasteiger partial charge in [-0.15, -0.1) is 0 Å². The lowest BCUT2D eigenvalue weighted by atomic mass is 10.1. The van der Waals surface area contributed by atoms with Crippen LogP contribution in [-0.2, 0) is 4.79 Å². The lowest BCUT2D eigenvalue weighted by molar-refractivity contribution is -0.385. The van der Waals surface area contributed by atoms with Gasteiger partial charge in [0.15, 0.2) is 11.6 Å². The van der Waals surface area contributed by atoms with Gasteiger partial charge in [-0.25, -0.2) is 8.78 Å². The highest BCUT2D eigenvalue weighted by atomic mass is 19.1. The number of non-ortho nitro benzene ring substituents is 1. The number of hydrogen-bond acceptors (Lipinski definition) is 4. The van der Waals surface area contributed by atoms with Crippen LogP contribution in [0.1, 0.15) is 12.8 Å². The number of benzene rings is 1. The Morgan fingerprint density at radius 2 is 2.00 bits per heavy atom. The number of likely N-dealkylation sites (tertiary alicyclic amines) is 1. The monoisotopic (exact) mass is 285 g/mol. The number of hydrogen-bond donors (Lipinski definition) is 1. The molecule has 0 saturated carbocycles. The zero-order valence-corrected chi connectivity index (χ0v) is 10.7. The van der Waals surface area contributed by atoms with Crippen molar-refractivity contribution in [3.8, 4) is 0 Å².